The van der Waals surface area contributed by atoms with E-state index in [1.54, 1.807) is 0 Å². The molecule has 0 saturated carbocycles. The van der Waals surface area contributed by atoms with Crippen LogP contribution in [0.2, 0.25) is 0 Å². The summed E-state index contributed by atoms with van der Waals surface area (Å²) in [5.41, 5.74) is 2.15. The first-order valence-corrected chi connectivity index (χ1v) is 6.05. The maximum atomic E-state index is 10.2. The van der Waals surface area contributed by atoms with Gasteiger partial charge in [0.05, 0.1) is 6.10 Å². The van der Waals surface area contributed by atoms with Crippen LogP contribution in [0.15, 0.2) is 30.5 Å². The molecule has 0 aliphatic rings. The van der Waals surface area contributed by atoms with Crippen molar-refractivity contribution in [1.82, 2.24) is 9.88 Å². The fourth-order valence-corrected chi connectivity index (χ4v) is 2.10. The molecule has 3 nitrogen and oxygen atoms in total. The summed E-state index contributed by atoms with van der Waals surface area (Å²) in [6, 6.07) is 8.55. The quantitative estimate of drug-likeness (QED) is 0.848. The van der Waals surface area contributed by atoms with Crippen molar-refractivity contribution in [1.29, 1.82) is 0 Å². The molecule has 0 fully saturated rings. The van der Waals surface area contributed by atoms with Crippen molar-refractivity contribution >= 4 is 10.9 Å². The average molecular weight is 232 g/mol. The number of aliphatic hydroxyl groups is 1. The number of aliphatic hydroxyl groups excluding tert-OH is 1. The van der Waals surface area contributed by atoms with Crippen LogP contribution in [0.5, 0.6) is 0 Å². The molecule has 0 saturated heterocycles. The number of aromatic nitrogens is 1. The number of nitrogens with zero attached hydrogens (tertiary/aromatic N) is 1. The lowest BCUT2D eigenvalue weighted by Crippen LogP contribution is -2.27. The van der Waals surface area contributed by atoms with Crippen molar-refractivity contribution in [3.05, 3.63) is 36.0 Å². The molecule has 1 unspecified atom stereocenters. The number of fused-ring (bicyclic) bond motifs is 1. The molecule has 2 N–H and O–H groups in total. The van der Waals surface area contributed by atoms with E-state index in [-0.39, 0.29) is 0 Å². The van der Waals surface area contributed by atoms with Crippen LogP contribution in [0.1, 0.15) is 25.5 Å². The highest BCUT2D eigenvalue weighted by Crippen LogP contribution is 2.25. The molecule has 0 amide bonds. The van der Waals surface area contributed by atoms with E-state index in [1.807, 2.05) is 25.4 Å². The lowest BCUT2D eigenvalue weighted by atomic mass is 10.1. The van der Waals surface area contributed by atoms with Gasteiger partial charge in [-0.25, -0.2) is 0 Å². The Morgan fingerprint density at radius 1 is 1.29 bits per heavy atom. The Morgan fingerprint density at radius 2 is 2.00 bits per heavy atom. The Balaban J connectivity index is 2.29. The van der Waals surface area contributed by atoms with E-state index in [4.69, 9.17) is 0 Å². The predicted molar refractivity (Wildman–Crippen MR) is 71.0 cm³/mol. The molecule has 0 spiro atoms. The fourth-order valence-electron chi connectivity index (χ4n) is 2.10. The number of aryl methyl sites for hydroxylation is 1. The van der Waals surface area contributed by atoms with E-state index in [9.17, 15) is 5.11 Å². The standard InChI is InChI=1S/C14H20N2O/c1-10(2)15-8-14(17)12-9-16(3)13-7-5-4-6-11(12)13/h4-7,9-10,14-15,17H,8H2,1-3H3. The maximum Gasteiger partial charge on any atom is 0.0935 e. The largest absolute Gasteiger partial charge is 0.387 e. The molecular weight excluding hydrogens is 212 g/mol. The molecule has 92 valence electrons. The molecule has 1 aromatic carbocycles. The van der Waals surface area contributed by atoms with Crippen LogP contribution in [-0.2, 0) is 7.05 Å². The van der Waals surface area contributed by atoms with Gasteiger partial charge in [0.25, 0.3) is 0 Å². The monoisotopic (exact) mass is 232 g/mol. The van der Waals surface area contributed by atoms with Gasteiger partial charge in [-0.3, -0.25) is 0 Å². The molecular formula is C14H20N2O. The zero-order chi connectivity index (χ0) is 12.4. The second-order valence-corrected chi connectivity index (χ2v) is 4.79. The first-order chi connectivity index (χ1) is 8.09. The van der Waals surface area contributed by atoms with Crippen LogP contribution in [-0.4, -0.2) is 22.3 Å². The summed E-state index contributed by atoms with van der Waals surface area (Å²) in [7, 11) is 2.01. The summed E-state index contributed by atoms with van der Waals surface area (Å²) >= 11 is 0. The Morgan fingerprint density at radius 3 is 2.71 bits per heavy atom. The minimum Gasteiger partial charge on any atom is -0.387 e. The van der Waals surface area contributed by atoms with Crippen molar-refractivity contribution in [2.75, 3.05) is 6.54 Å². The van der Waals surface area contributed by atoms with Gasteiger partial charge in [-0.2, -0.15) is 0 Å². The summed E-state index contributed by atoms with van der Waals surface area (Å²) in [5, 5.41) is 14.6. The summed E-state index contributed by atoms with van der Waals surface area (Å²) in [4.78, 5) is 0. The van der Waals surface area contributed by atoms with Crippen LogP contribution in [0.25, 0.3) is 10.9 Å². The lowest BCUT2D eigenvalue weighted by Gasteiger charge is -2.13. The van der Waals surface area contributed by atoms with Crippen LogP contribution >= 0.6 is 0 Å². The maximum absolute atomic E-state index is 10.2. The number of hydrogen-bond acceptors (Lipinski definition) is 2. The third kappa shape index (κ3) is 2.51. The van der Waals surface area contributed by atoms with Crippen molar-refractivity contribution in [3.63, 3.8) is 0 Å². The summed E-state index contributed by atoms with van der Waals surface area (Å²) in [6.07, 6.45) is 1.56. The molecule has 3 heteroatoms. The number of benzene rings is 1. The zero-order valence-electron chi connectivity index (χ0n) is 10.6. The summed E-state index contributed by atoms with van der Waals surface area (Å²) in [6.45, 7) is 4.75. The number of para-hydroxylation sites is 1. The second kappa shape index (κ2) is 4.90. The Bertz CT molecular complexity index is 502. The highest BCUT2D eigenvalue weighted by molar-refractivity contribution is 5.84. The summed E-state index contributed by atoms with van der Waals surface area (Å²) < 4.78 is 2.06. The first-order valence-electron chi connectivity index (χ1n) is 6.05. The van der Waals surface area contributed by atoms with Crippen LogP contribution in [0.4, 0.5) is 0 Å². The Kier molecular flexibility index (Phi) is 3.50. The predicted octanol–water partition coefficient (Wildman–Crippen LogP) is 2.21. The van der Waals surface area contributed by atoms with Crippen LogP contribution in [0, 0.1) is 0 Å². The third-order valence-corrected chi connectivity index (χ3v) is 3.01. The van der Waals surface area contributed by atoms with Gasteiger partial charge in [-0.05, 0) is 6.07 Å². The van der Waals surface area contributed by atoms with Crippen molar-refractivity contribution in [3.8, 4) is 0 Å². The van der Waals surface area contributed by atoms with Gasteiger partial charge >= 0.3 is 0 Å². The molecule has 2 rings (SSSR count). The molecule has 0 bridgehead atoms. The number of nitrogens with one attached hydrogen (secondary N) is 1. The van der Waals surface area contributed by atoms with Crippen LogP contribution in [0.3, 0.4) is 0 Å². The lowest BCUT2D eigenvalue weighted by molar-refractivity contribution is 0.173. The molecule has 0 radical (unpaired) electrons. The zero-order valence-corrected chi connectivity index (χ0v) is 10.6. The third-order valence-electron chi connectivity index (χ3n) is 3.01. The van der Waals surface area contributed by atoms with Gasteiger partial charge in [-0.1, -0.05) is 32.0 Å². The van der Waals surface area contributed by atoms with Gasteiger partial charge in [0, 0.05) is 42.3 Å². The van der Waals surface area contributed by atoms with E-state index in [1.165, 1.54) is 0 Å². The van der Waals surface area contributed by atoms with E-state index in [2.05, 4.69) is 35.9 Å². The smallest absolute Gasteiger partial charge is 0.0935 e. The van der Waals surface area contributed by atoms with Gasteiger partial charge in [0.1, 0.15) is 0 Å². The minimum atomic E-state index is -0.455. The molecule has 2 aromatic rings. The SMILES string of the molecule is CC(C)NCC(O)c1cn(C)c2ccccc12. The van der Waals surface area contributed by atoms with E-state index in [0.717, 1.165) is 16.5 Å². The van der Waals surface area contributed by atoms with Gasteiger partial charge in [-0.15, -0.1) is 0 Å². The normalized spacial score (nSPS) is 13.5. The van der Waals surface area contributed by atoms with Crippen molar-refractivity contribution in [2.24, 2.45) is 7.05 Å². The molecule has 1 atom stereocenters. The van der Waals surface area contributed by atoms with Gasteiger partial charge < -0.3 is 15.0 Å². The highest BCUT2D eigenvalue weighted by atomic mass is 16.3. The minimum absolute atomic E-state index is 0.389. The summed E-state index contributed by atoms with van der Waals surface area (Å²) in [5.74, 6) is 0. The molecule has 0 aliphatic carbocycles. The van der Waals surface area contributed by atoms with Crippen molar-refractivity contribution in [2.45, 2.75) is 26.0 Å². The average Bonchev–Trinajstić information content (AvgIpc) is 2.65. The second-order valence-electron chi connectivity index (χ2n) is 4.79. The van der Waals surface area contributed by atoms with Gasteiger partial charge in [0.2, 0.25) is 0 Å². The fraction of sp³-hybridized carbons (Fsp3) is 0.429. The van der Waals surface area contributed by atoms with Gasteiger partial charge in [0.15, 0.2) is 0 Å². The Labute approximate surface area is 102 Å². The first kappa shape index (κ1) is 12.1. The topological polar surface area (TPSA) is 37.2 Å². The van der Waals surface area contributed by atoms with Crippen molar-refractivity contribution < 1.29 is 5.11 Å². The van der Waals surface area contributed by atoms with E-state index >= 15 is 0 Å². The highest BCUT2D eigenvalue weighted by Gasteiger charge is 2.14. The molecule has 17 heavy (non-hydrogen) atoms. The molecule has 1 aromatic heterocycles. The van der Waals surface area contributed by atoms with E-state index < -0.39 is 6.10 Å². The molecule has 1 heterocycles. The van der Waals surface area contributed by atoms with E-state index in [0.29, 0.717) is 12.6 Å². The Hall–Kier alpha value is -1.32. The molecule has 0 aliphatic heterocycles. The number of rotatable bonds is 4. The number of hydrogen-bond donors (Lipinski definition) is 2. The van der Waals surface area contributed by atoms with Crippen LogP contribution < -0.4 is 5.32 Å².